The molecule has 0 radical (unpaired) electrons. The molecule has 2 aliphatic rings. The number of nitrogens with zero attached hydrogens (tertiary/aromatic N) is 1. The number of anilines is 1. The van der Waals surface area contributed by atoms with Crippen molar-refractivity contribution in [3.63, 3.8) is 0 Å². The molecular formula is C23H24N2O4. The summed E-state index contributed by atoms with van der Waals surface area (Å²) in [5.74, 6) is -0.616. The minimum Gasteiger partial charge on any atom is -0.447 e. The highest BCUT2D eigenvalue weighted by Gasteiger charge is 2.30. The van der Waals surface area contributed by atoms with Crippen LogP contribution in [-0.2, 0) is 25.5 Å². The van der Waals surface area contributed by atoms with Crippen LogP contribution in [0.3, 0.4) is 0 Å². The molecule has 0 aromatic heterocycles. The fraction of sp³-hybridized carbons (Fsp3) is 0.348. The number of benzene rings is 2. The summed E-state index contributed by atoms with van der Waals surface area (Å²) in [5, 5.41) is 2.91. The first-order valence-electron chi connectivity index (χ1n) is 10.0. The highest BCUT2D eigenvalue weighted by Crippen LogP contribution is 2.24. The van der Waals surface area contributed by atoms with Crippen molar-refractivity contribution in [1.29, 1.82) is 0 Å². The zero-order valence-electron chi connectivity index (χ0n) is 16.2. The molecule has 29 heavy (non-hydrogen) atoms. The summed E-state index contributed by atoms with van der Waals surface area (Å²) in [7, 11) is 0. The standard InChI is InChI=1S/C23H24N2O4/c26-20-7-4-14-25(20)19-12-8-16(9-13-19)15-21(27)29-22(17-5-2-1-3-6-17)23(28)24-18-10-11-18/h1-3,5-6,8-9,12-13,18,22H,4,7,10-11,14-15H2,(H,24,28)/t22-/m1/s1. The summed E-state index contributed by atoms with van der Waals surface area (Å²) < 4.78 is 5.56. The molecule has 2 aromatic carbocycles. The van der Waals surface area contributed by atoms with E-state index in [4.69, 9.17) is 4.74 Å². The molecule has 1 heterocycles. The Kier molecular flexibility index (Phi) is 5.60. The Labute approximate surface area is 169 Å². The molecule has 150 valence electrons. The van der Waals surface area contributed by atoms with Crippen LogP contribution in [0.25, 0.3) is 0 Å². The van der Waals surface area contributed by atoms with Crippen molar-refractivity contribution in [1.82, 2.24) is 5.32 Å². The van der Waals surface area contributed by atoms with E-state index in [1.807, 2.05) is 42.5 Å². The second-order valence-electron chi connectivity index (χ2n) is 7.56. The van der Waals surface area contributed by atoms with Gasteiger partial charge in [-0.15, -0.1) is 0 Å². The Bertz CT molecular complexity index is 891. The van der Waals surface area contributed by atoms with Gasteiger partial charge in [-0.1, -0.05) is 42.5 Å². The van der Waals surface area contributed by atoms with Crippen molar-refractivity contribution in [2.45, 2.75) is 44.2 Å². The second-order valence-corrected chi connectivity index (χ2v) is 7.56. The van der Waals surface area contributed by atoms with Gasteiger partial charge in [0.2, 0.25) is 12.0 Å². The van der Waals surface area contributed by atoms with E-state index in [0.29, 0.717) is 12.0 Å². The minimum absolute atomic E-state index is 0.0638. The molecule has 0 unspecified atom stereocenters. The van der Waals surface area contributed by atoms with Crippen LogP contribution in [0.4, 0.5) is 5.69 Å². The predicted molar refractivity (Wildman–Crippen MR) is 108 cm³/mol. The second kappa shape index (κ2) is 8.47. The Balaban J connectivity index is 1.41. The van der Waals surface area contributed by atoms with Crippen molar-refractivity contribution >= 4 is 23.5 Å². The number of ether oxygens (including phenoxy) is 1. The van der Waals surface area contributed by atoms with E-state index in [1.165, 1.54) is 0 Å². The molecule has 4 rings (SSSR count). The van der Waals surface area contributed by atoms with Gasteiger partial charge in [-0.2, -0.15) is 0 Å². The average molecular weight is 392 g/mol. The van der Waals surface area contributed by atoms with Crippen molar-refractivity contribution in [2.75, 3.05) is 11.4 Å². The molecule has 1 saturated heterocycles. The maximum atomic E-state index is 12.6. The van der Waals surface area contributed by atoms with Gasteiger partial charge in [0.1, 0.15) is 0 Å². The fourth-order valence-electron chi connectivity index (χ4n) is 3.46. The highest BCUT2D eigenvalue weighted by atomic mass is 16.5. The van der Waals surface area contributed by atoms with E-state index in [0.717, 1.165) is 37.1 Å². The molecular weight excluding hydrogens is 368 g/mol. The number of nitrogens with one attached hydrogen (secondary N) is 1. The lowest BCUT2D eigenvalue weighted by atomic mass is 10.1. The summed E-state index contributed by atoms with van der Waals surface area (Å²) in [5.41, 5.74) is 2.28. The van der Waals surface area contributed by atoms with Crippen LogP contribution in [0.1, 0.15) is 42.9 Å². The maximum absolute atomic E-state index is 12.6. The van der Waals surface area contributed by atoms with Crippen LogP contribution < -0.4 is 10.2 Å². The van der Waals surface area contributed by atoms with Gasteiger partial charge in [0.25, 0.3) is 5.91 Å². The van der Waals surface area contributed by atoms with Gasteiger partial charge in [-0.05, 0) is 37.0 Å². The van der Waals surface area contributed by atoms with Crippen molar-refractivity contribution in [3.05, 3.63) is 65.7 Å². The number of hydrogen-bond acceptors (Lipinski definition) is 4. The topological polar surface area (TPSA) is 75.7 Å². The van der Waals surface area contributed by atoms with Crippen LogP contribution in [-0.4, -0.2) is 30.4 Å². The molecule has 1 saturated carbocycles. The highest BCUT2D eigenvalue weighted by molar-refractivity contribution is 5.95. The number of esters is 1. The third-order valence-electron chi connectivity index (χ3n) is 5.18. The molecule has 2 fully saturated rings. The van der Waals surface area contributed by atoms with E-state index in [9.17, 15) is 14.4 Å². The molecule has 1 aliphatic carbocycles. The average Bonchev–Trinajstić information content (AvgIpc) is 3.44. The Morgan fingerprint density at radius 3 is 2.41 bits per heavy atom. The summed E-state index contributed by atoms with van der Waals surface area (Å²) in [6, 6.07) is 16.6. The zero-order valence-corrected chi connectivity index (χ0v) is 16.2. The van der Waals surface area contributed by atoms with Gasteiger partial charge in [0.15, 0.2) is 0 Å². The summed E-state index contributed by atoms with van der Waals surface area (Å²) in [6.07, 6.45) is 2.49. The van der Waals surface area contributed by atoms with Crippen LogP contribution in [0, 0.1) is 0 Å². The number of rotatable bonds is 7. The van der Waals surface area contributed by atoms with Gasteiger partial charge in [-0.3, -0.25) is 14.4 Å². The summed E-state index contributed by atoms with van der Waals surface area (Å²) >= 11 is 0. The van der Waals surface area contributed by atoms with Gasteiger partial charge in [-0.25, -0.2) is 0 Å². The molecule has 6 heteroatoms. The normalized spacial score (nSPS) is 17.1. The molecule has 1 aliphatic heterocycles. The SMILES string of the molecule is O=C(Cc1ccc(N2CCCC2=O)cc1)O[C@@H](C(=O)NC1CC1)c1ccccc1. The summed E-state index contributed by atoms with van der Waals surface area (Å²) in [4.78, 5) is 38.7. The Hall–Kier alpha value is -3.15. The predicted octanol–water partition coefficient (Wildman–Crippen LogP) is 2.92. The van der Waals surface area contributed by atoms with E-state index >= 15 is 0 Å². The van der Waals surface area contributed by atoms with E-state index < -0.39 is 12.1 Å². The first kappa shape index (κ1) is 19.2. The minimum atomic E-state index is -0.953. The molecule has 1 N–H and O–H groups in total. The van der Waals surface area contributed by atoms with Gasteiger partial charge >= 0.3 is 5.97 Å². The lowest BCUT2D eigenvalue weighted by Crippen LogP contribution is -2.33. The molecule has 2 amide bonds. The zero-order chi connectivity index (χ0) is 20.2. The smallest absolute Gasteiger partial charge is 0.311 e. The third kappa shape index (κ3) is 4.83. The number of hydrogen-bond donors (Lipinski definition) is 1. The van der Waals surface area contributed by atoms with Crippen LogP contribution in [0.2, 0.25) is 0 Å². The molecule has 0 bridgehead atoms. The molecule has 0 spiro atoms. The number of carbonyl (C=O) groups is 3. The third-order valence-corrected chi connectivity index (χ3v) is 5.18. The van der Waals surface area contributed by atoms with Crippen LogP contribution in [0.15, 0.2) is 54.6 Å². The van der Waals surface area contributed by atoms with Crippen molar-refractivity contribution in [3.8, 4) is 0 Å². The Morgan fingerprint density at radius 2 is 1.79 bits per heavy atom. The van der Waals surface area contributed by atoms with Gasteiger partial charge < -0.3 is 15.0 Å². The van der Waals surface area contributed by atoms with Gasteiger partial charge in [0, 0.05) is 30.3 Å². The summed E-state index contributed by atoms with van der Waals surface area (Å²) in [6.45, 7) is 0.731. The molecule has 1 atom stereocenters. The first-order valence-corrected chi connectivity index (χ1v) is 10.0. The van der Waals surface area contributed by atoms with E-state index in [-0.39, 0.29) is 24.3 Å². The maximum Gasteiger partial charge on any atom is 0.311 e. The lowest BCUT2D eigenvalue weighted by molar-refractivity contribution is -0.156. The Morgan fingerprint density at radius 1 is 1.07 bits per heavy atom. The van der Waals surface area contributed by atoms with E-state index in [2.05, 4.69) is 5.32 Å². The van der Waals surface area contributed by atoms with Gasteiger partial charge in [0.05, 0.1) is 6.42 Å². The van der Waals surface area contributed by atoms with Crippen molar-refractivity contribution in [2.24, 2.45) is 0 Å². The van der Waals surface area contributed by atoms with Crippen molar-refractivity contribution < 1.29 is 19.1 Å². The first-order chi connectivity index (χ1) is 14.1. The quantitative estimate of drug-likeness (QED) is 0.735. The monoisotopic (exact) mass is 392 g/mol. The van der Waals surface area contributed by atoms with Crippen LogP contribution >= 0.6 is 0 Å². The molecule has 6 nitrogen and oxygen atoms in total. The molecule has 2 aromatic rings. The number of carbonyl (C=O) groups excluding carboxylic acids is 3. The number of amides is 2. The van der Waals surface area contributed by atoms with E-state index in [1.54, 1.807) is 17.0 Å². The fourth-order valence-corrected chi connectivity index (χ4v) is 3.46. The lowest BCUT2D eigenvalue weighted by Gasteiger charge is -2.18. The largest absolute Gasteiger partial charge is 0.447 e. The van der Waals surface area contributed by atoms with Crippen LogP contribution in [0.5, 0.6) is 0 Å².